The Balaban J connectivity index is 1.56. The highest BCUT2D eigenvalue weighted by molar-refractivity contribution is 7.98. The van der Waals surface area contributed by atoms with Crippen LogP contribution in [0.1, 0.15) is 16.3 Å². The van der Waals surface area contributed by atoms with E-state index in [0.717, 1.165) is 27.6 Å². The first-order valence-corrected chi connectivity index (χ1v) is 10.7. The number of thiophene rings is 2. The fraction of sp³-hybridized carbons (Fsp3) is 0.167. The monoisotopic (exact) mass is 439 g/mol. The minimum atomic E-state index is -4.41. The molecule has 0 saturated heterocycles. The summed E-state index contributed by atoms with van der Waals surface area (Å²) >= 11 is 4.23. The highest BCUT2D eigenvalue weighted by atomic mass is 32.2. The van der Waals surface area contributed by atoms with Gasteiger partial charge in [0.05, 0.1) is 21.7 Å². The summed E-state index contributed by atoms with van der Waals surface area (Å²) < 4.78 is 37.8. The maximum Gasteiger partial charge on any atom is 0.417 e. The number of hydrogen-bond acceptors (Lipinski definition) is 6. The van der Waals surface area contributed by atoms with Crippen LogP contribution in [-0.2, 0) is 11.9 Å². The molecule has 28 heavy (non-hydrogen) atoms. The van der Waals surface area contributed by atoms with Crippen LogP contribution in [0.4, 0.5) is 13.2 Å². The molecule has 10 heteroatoms. The lowest BCUT2D eigenvalue weighted by molar-refractivity contribution is -0.137. The lowest BCUT2D eigenvalue weighted by atomic mass is 10.2. The number of thioether (sulfide) groups is 1. The summed E-state index contributed by atoms with van der Waals surface area (Å²) in [4.78, 5) is 26.5. The standard InChI is InChI=1S/C18H12F3N3OS3/c1-9-2-4-12(28-9)11-7-27-17-15(11)16(25)23-13(24-17)8-26-14-5-3-10(6-22-14)18(19,20)21/h2-7H,8H2,1H3,(H,23,24,25). The van der Waals surface area contributed by atoms with Crippen LogP contribution in [0.3, 0.4) is 0 Å². The van der Waals surface area contributed by atoms with Crippen LogP contribution in [0.25, 0.3) is 20.7 Å². The molecule has 0 aliphatic carbocycles. The van der Waals surface area contributed by atoms with E-state index in [1.807, 2.05) is 24.4 Å². The first-order chi connectivity index (χ1) is 13.3. The Kier molecular flexibility index (Phi) is 5.02. The molecule has 4 aromatic heterocycles. The molecule has 4 nitrogen and oxygen atoms in total. The van der Waals surface area contributed by atoms with Crippen molar-refractivity contribution in [1.29, 1.82) is 0 Å². The summed E-state index contributed by atoms with van der Waals surface area (Å²) in [5.74, 6) is 0.759. The molecule has 0 saturated carbocycles. The predicted molar refractivity (Wildman–Crippen MR) is 107 cm³/mol. The number of pyridine rings is 1. The fourth-order valence-electron chi connectivity index (χ4n) is 2.60. The number of nitrogens with one attached hydrogen (secondary N) is 1. The lowest BCUT2D eigenvalue weighted by Gasteiger charge is -2.06. The van der Waals surface area contributed by atoms with Crippen molar-refractivity contribution in [2.75, 3.05) is 0 Å². The van der Waals surface area contributed by atoms with E-state index in [2.05, 4.69) is 15.0 Å². The number of H-pyrrole nitrogens is 1. The molecule has 4 rings (SSSR count). The fourth-order valence-corrected chi connectivity index (χ4v) is 5.23. The van der Waals surface area contributed by atoms with E-state index in [1.54, 1.807) is 11.3 Å². The van der Waals surface area contributed by atoms with Gasteiger partial charge in [0.1, 0.15) is 10.7 Å². The van der Waals surface area contributed by atoms with Crippen LogP contribution in [0, 0.1) is 6.92 Å². The van der Waals surface area contributed by atoms with E-state index in [0.29, 0.717) is 26.8 Å². The van der Waals surface area contributed by atoms with Crippen LogP contribution in [0.5, 0.6) is 0 Å². The van der Waals surface area contributed by atoms with E-state index in [4.69, 9.17) is 0 Å². The van der Waals surface area contributed by atoms with Crippen LogP contribution in [0.2, 0.25) is 0 Å². The summed E-state index contributed by atoms with van der Waals surface area (Å²) in [5.41, 5.74) is -0.140. The number of hydrogen-bond donors (Lipinski definition) is 1. The first-order valence-electron chi connectivity index (χ1n) is 8.04. The number of rotatable bonds is 4. The van der Waals surface area contributed by atoms with E-state index in [1.165, 1.54) is 29.2 Å². The smallest absolute Gasteiger partial charge is 0.309 e. The van der Waals surface area contributed by atoms with Gasteiger partial charge in [0, 0.05) is 26.9 Å². The van der Waals surface area contributed by atoms with Crippen molar-refractivity contribution in [2.45, 2.75) is 23.9 Å². The molecule has 144 valence electrons. The average molecular weight is 440 g/mol. The van der Waals surface area contributed by atoms with Crippen LogP contribution < -0.4 is 5.56 Å². The van der Waals surface area contributed by atoms with Gasteiger partial charge in [0.25, 0.3) is 5.56 Å². The number of halogens is 3. The summed E-state index contributed by atoms with van der Waals surface area (Å²) in [7, 11) is 0. The van der Waals surface area contributed by atoms with Crippen molar-refractivity contribution in [3.63, 3.8) is 0 Å². The second-order valence-corrected chi connectivity index (χ2v) is 9.07. The molecule has 0 fully saturated rings. The number of nitrogens with zero attached hydrogens (tertiary/aromatic N) is 2. The Morgan fingerprint density at radius 3 is 2.68 bits per heavy atom. The van der Waals surface area contributed by atoms with Crippen molar-refractivity contribution < 1.29 is 13.2 Å². The molecule has 0 unspecified atom stereocenters. The minimum absolute atomic E-state index is 0.219. The third kappa shape index (κ3) is 3.85. The van der Waals surface area contributed by atoms with Gasteiger partial charge < -0.3 is 4.98 Å². The topological polar surface area (TPSA) is 58.6 Å². The second kappa shape index (κ2) is 7.34. The van der Waals surface area contributed by atoms with Gasteiger partial charge in [-0.15, -0.1) is 22.7 Å². The Hall–Kier alpha value is -2.17. The highest BCUT2D eigenvalue weighted by Gasteiger charge is 2.30. The van der Waals surface area contributed by atoms with E-state index < -0.39 is 11.7 Å². The van der Waals surface area contributed by atoms with Crippen molar-refractivity contribution in [1.82, 2.24) is 15.0 Å². The normalized spacial score (nSPS) is 12.0. The summed E-state index contributed by atoms with van der Waals surface area (Å²) in [6, 6.07) is 6.30. The second-order valence-electron chi connectivity index (χ2n) is 5.92. The number of aryl methyl sites for hydroxylation is 1. The van der Waals surface area contributed by atoms with Gasteiger partial charge in [-0.05, 0) is 31.2 Å². The van der Waals surface area contributed by atoms with Gasteiger partial charge in [0.15, 0.2) is 0 Å². The molecule has 1 N–H and O–H groups in total. The third-order valence-corrected chi connectivity index (χ3v) is 6.78. The number of alkyl halides is 3. The molecule has 0 radical (unpaired) electrons. The molecule has 0 bridgehead atoms. The van der Waals surface area contributed by atoms with E-state index in [-0.39, 0.29) is 5.56 Å². The Labute approximate surface area is 169 Å². The third-order valence-electron chi connectivity index (χ3n) is 3.92. The van der Waals surface area contributed by atoms with Gasteiger partial charge in [-0.2, -0.15) is 13.2 Å². The zero-order valence-corrected chi connectivity index (χ0v) is 16.8. The van der Waals surface area contributed by atoms with Crippen molar-refractivity contribution in [3.05, 3.63) is 62.5 Å². The summed E-state index contributed by atoms with van der Waals surface area (Å²) in [6.07, 6.45) is -3.61. The zero-order chi connectivity index (χ0) is 19.9. The Morgan fingerprint density at radius 2 is 2.04 bits per heavy atom. The average Bonchev–Trinajstić information content (AvgIpc) is 3.26. The predicted octanol–water partition coefficient (Wildman–Crippen LogP) is 5.73. The first kappa shape index (κ1) is 19.2. The van der Waals surface area contributed by atoms with Gasteiger partial charge in [-0.1, -0.05) is 11.8 Å². The van der Waals surface area contributed by atoms with Crippen LogP contribution in [0.15, 0.2) is 45.7 Å². The SMILES string of the molecule is Cc1ccc(-c2csc3nc(CSc4ccc(C(F)(F)F)cn4)[nH]c(=O)c23)s1. The Bertz CT molecular complexity index is 1190. The Morgan fingerprint density at radius 1 is 1.21 bits per heavy atom. The van der Waals surface area contributed by atoms with Crippen molar-refractivity contribution >= 4 is 44.7 Å². The highest BCUT2D eigenvalue weighted by Crippen LogP contribution is 2.35. The van der Waals surface area contributed by atoms with Gasteiger partial charge in [0.2, 0.25) is 0 Å². The number of fused-ring (bicyclic) bond motifs is 1. The molecule has 0 aromatic carbocycles. The summed E-state index contributed by atoms with van der Waals surface area (Å²) in [6.45, 7) is 2.01. The zero-order valence-electron chi connectivity index (χ0n) is 14.3. The maximum absolute atomic E-state index is 12.6. The van der Waals surface area contributed by atoms with Crippen molar-refractivity contribution in [2.24, 2.45) is 0 Å². The molecule has 4 aromatic rings. The van der Waals surface area contributed by atoms with Crippen molar-refractivity contribution in [3.8, 4) is 10.4 Å². The van der Waals surface area contributed by atoms with E-state index in [9.17, 15) is 18.0 Å². The van der Waals surface area contributed by atoms with Gasteiger partial charge >= 0.3 is 6.18 Å². The molecule has 0 aliphatic rings. The lowest BCUT2D eigenvalue weighted by Crippen LogP contribution is -2.10. The summed E-state index contributed by atoms with van der Waals surface area (Å²) in [5, 5.41) is 2.91. The minimum Gasteiger partial charge on any atom is -0.309 e. The molecule has 0 spiro atoms. The molecular weight excluding hydrogens is 427 g/mol. The van der Waals surface area contributed by atoms with Crippen LogP contribution >= 0.6 is 34.4 Å². The quantitative estimate of drug-likeness (QED) is 0.413. The molecule has 4 heterocycles. The van der Waals surface area contributed by atoms with Gasteiger partial charge in [-0.25, -0.2) is 9.97 Å². The van der Waals surface area contributed by atoms with E-state index >= 15 is 0 Å². The molecule has 0 atom stereocenters. The van der Waals surface area contributed by atoms with Gasteiger partial charge in [-0.3, -0.25) is 4.79 Å². The molecular formula is C18H12F3N3OS3. The number of aromatic nitrogens is 3. The molecule has 0 amide bonds. The maximum atomic E-state index is 12.6. The van der Waals surface area contributed by atoms with Crippen LogP contribution in [-0.4, -0.2) is 15.0 Å². The number of aromatic amines is 1. The largest absolute Gasteiger partial charge is 0.417 e. The molecule has 0 aliphatic heterocycles.